The van der Waals surface area contributed by atoms with Crippen molar-refractivity contribution in [3.63, 3.8) is 0 Å². The molecule has 0 aliphatic carbocycles. The van der Waals surface area contributed by atoms with Gasteiger partial charge in [-0.1, -0.05) is 72.4 Å². The van der Waals surface area contributed by atoms with E-state index in [4.69, 9.17) is 4.98 Å². The zero-order valence-corrected chi connectivity index (χ0v) is 19.7. The van der Waals surface area contributed by atoms with Crippen LogP contribution in [0.1, 0.15) is 31.4 Å². The van der Waals surface area contributed by atoms with Crippen molar-refractivity contribution in [1.82, 2.24) is 14.5 Å². The van der Waals surface area contributed by atoms with Crippen LogP contribution in [0.5, 0.6) is 0 Å². The van der Waals surface area contributed by atoms with Crippen LogP contribution in [0.15, 0.2) is 86.1 Å². The van der Waals surface area contributed by atoms with E-state index < -0.39 is 0 Å². The zero-order chi connectivity index (χ0) is 22.8. The van der Waals surface area contributed by atoms with Gasteiger partial charge in [0.25, 0.3) is 5.56 Å². The van der Waals surface area contributed by atoms with E-state index in [-0.39, 0.29) is 5.56 Å². The lowest BCUT2D eigenvalue weighted by Crippen LogP contribution is -2.35. The molecule has 33 heavy (non-hydrogen) atoms. The minimum absolute atomic E-state index is 0.0744. The van der Waals surface area contributed by atoms with E-state index in [1.165, 1.54) is 10.5 Å². The van der Waals surface area contributed by atoms with Crippen LogP contribution in [0.25, 0.3) is 0 Å². The summed E-state index contributed by atoms with van der Waals surface area (Å²) in [6, 6.07) is 20.5. The maximum absolute atomic E-state index is 13.5. The number of fused-ring (bicyclic) bond motifs is 1. The summed E-state index contributed by atoms with van der Waals surface area (Å²) in [6.45, 7) is 7.01. The number of nitrogens with one attached hydrogen (secondary N) is 1. The van der Waals surface area contributed by atoms with Gasteiger partial charge in [0.05, 0.1) is 6.54 Å². The number of nitrogens with zero attached hydrogens (tertiary/aromatic N) is 4. The van der Waals surface area contributed by atoms with Crippen molar-refractivity contribution in [2.75, 3.05) is 18.4 Å². The van der Waals surface area contributed by atoms with Crippen molar-refractivity contribution >= 4 is 29.1 Å². The summed E-state index contributed by atoms with van der Waals surface area (Å²) in [5.74, 6) is 0.456. The van der Waals surface area contributed by atoms with E-state index in [0.717, 1.165) is 43.0 Å². The Morgan fingerprint density at radius 2 is 1.70 bits per heavy atom. The number of rotatable bonds is 5. The standard InChI is InChI=1S/C26H27N5OS/c1-18(2)27-26-29-24-23(25(32)31(26)16-20-11-7-4-8-12-20)28-21-13-14-30(17-22(21)33-24)15-19-9-5-3-6-10-19/h3-12,28H,13-17H2,1-2H3. The van der Waals surface area contributed by atoms with Gasteiger partial charge < -0.3 is 5.32 Å². The predicted octanol–water partition coefficient (Wildman–Crippen LogP) is 5.04. The molecule has 0 bridgehead atoms. The quantitative estimate of drug-likeness (QED) is 0.430. The van der Waals surface area contributed by atoms with Gasteiger partial charge in [-0.25, -0.2) is 9.98 Å². The highest BCUT2D eigenvalue weighted by Gasteiger charge is 2.29. The molecule has 0 fully saturated rings. The molecule has 2 aromatic carbocycles. The predicted molar refractivity (Wildman–Crippen MR) is 135 cm³/mol. The third-order valence-corrected chi connectivity index (χ3v) is 6.86. The normalized spacial score (nSPS) is 15.5. The fourth-order valence-corrected chi connectivity index (χ4v) is 5.28. The van der Waals surface area contributed by atoms with Crippen LogP contribution in [0.3, 0.4) is 0 Å². The Morgan fingerprint density at radius 3 is 2.36 bits per heavy atom. The van der Waals surface area contributed by atoms with Crippen LogP contribution in [-0.2, 0) is 13.1 Å². The van der Waals surface area contributed by atoms with Gasteiger partial charge in [-0.15, -0.1) is 0 Å². The van der Waals surface area contributed by atoms with Gasteiger partial charge in [0.15, 0.2) is 0 Å². The van der Waals surface area contributed by atoms with E-state index >= 15 is 0 Å². The van der Waals surface area contributed by atoms with Crippen molar-refractivity contribution in [2.24, 2.45) is 4.99 Å². The summed E-state index contributed by atoms with van der Waals surface area (Å²) in [5.41, 5.74) is 4.86. The molecule has 6 nitrogen and oxygen atoms in total. The monoisotopic (exact) mass is 457 g/mol. The van der Waals surface area contributed by atoms with Gasteiger partial charge in [0, 0.05) is 42.4 Å². The molecule has 7 heteroatoms. The third kappa shape index (κ3) is 4.79. The summed E-state index contributed by atoms with van der Waals surface area (Å²) < 4.78 is 1.67. The van der Waals surface area contributed by atoms with E-state index in [2.05, 4.69) is 39.5 Å². The number of thioether (sulfide) groups is 1. The Kier molecular flexibility index (Phi) is 6.15. The fraction of sp³-hybridized carbons (Fsp3) is 0.269. The zero-order valence-electron chi connectivity index (χ0n) is 18.9. The first kappa shape index (κ1) is 21.7. The number of hydrogen-bond donors (Lipinski definition) is 1. The van der Waals surface area contributed by atoms with Gasteiger partial charge in [-0.2, -0.15) is 0 Å². The summed E-state index contributed by atoms with van der Waals surface area (Å²) in [6.07, 6.45) is 0.890. The van der Waals surface area contributed by atoms with Crippen molar-refractivity contribution < 1.29 is 0 Å². The maximum atomic E-state index is 13.5. The smallest absolute Gasteiger partial charge is 0.280 e. The highest BCUT2D eigenvalue weighted by molar-refractivity contribution is 8.03. The summed E-state index contributed by atoms with van der Waals surface area (Å²) in [4.78, 5) is 26.7. The lowest BCUT2D eigenvalue weighted by molar-refractivity contribution is 0.283. The molecule has 3 heterocycles. The van der Waals surface area contributed by atoms with E-state index in [0.29, 0.717) is 23.2 Å². The average Bonchev–Trinajstić information content (AvgIpc) is 2.82. The molecule has 0 amide bonds. The van der Waals surface area contributed by atoms with Gasteiger partial charge in [0.1, 0.15) is 10.7 Å². The highest BCUT2D eigenvalue weighted by atomic mass is 32.2. The molecule has 1 N–H and O–H groups in total. The molecule has 2 aliphatic heterocycles. The van der Waals surface area contributed by atoms with Crippen LogP contribution in [0, 0.1) is 0 Å². The number of aromatic nitrogens is 2. The van der Waals surface area contributed by atoms with E-state index in [1.807, 2.05) is 50.2 Å². The molecule has 0 unspecified atom stereocenters. The third-order valence-electron chi connectivity index (χ3n) is 5.75. The molecule has 0 saturated heterocycles. The molecule has 0 radical (unpaired) electrons. The Bertz CT molecular complexity index is 1280. The van der Waals surface area contributed by atoms with Gasteiger partial charge in [-0.3, -0.25) is 14.3 Å². The van der Waals surface area contributed by atoms with Crippen molar-refractivity contribution in [2.45, 2.75) is 38.4 Å². The molecule has 0 atom stereocenters. The molecule has 3 aromatic rings. The second kappa shape index (κ2) is 9.37. The topological polar surface area (TPSA) is 62.5 Å². The van der Waals surface area contributed by atoms with Crippen molar-refractivity contribution in [3.8, 4) is 0 Å². The maximum Gasteiger partial charge on any atom is 0.280 e. The van der Waals surface area contributed by atoms with Crippen LogP contribution >= 0.6 is 11.8 Å². The Balaban J connectivity index is 1.45. The van der Waals surface area contributed by atoms with Crippen LogP contribution in [0.4, 0.5) is 11.6 Å². The molecule has 0 saturated carbocycles. The van der Waals surface area contributed by atoms with E-state index in [9.17, 15) is 4.79 Å². The Morgan fingerprint density at radius 1 is 1.03 bits per heavy atom. The van der Waals surface area contributed by atoms with Crippen LogP contribution in [0.2, 0.25) is 0 Å². The second-order valence-corrected chi connectivity index (χ2v) is 9.69. The average molecular weight is 458 g/mol. The van der Waals surface area contributed by atoms with Gasteiger partial charge >= 0.3 is 0 Å². The van der Waals surface area contributed by atoms with Crippen LogP contribution < -0.4 is 10.9 Å². The SMILES string of the molecule is CC(C)=Nc1nc2c(c(=O)n1Cc1ccccc1)NC1=C(CN(Cc3ccccc3)CC1)S2. The minimum Gasteiger partial charge on any atom is -0.351 e. The first-order valence-corrected chi connectivity index (χ1v) is 12.0. The molecular weight excluding hydrogens is 430 g/mol. The minimum atomic E-state index is -0.0744. The number of benzene rings is 2. The molecule has 2 aliphatic rings. The highest BCUT2D eigenvalue weighted by Crippen LogP contribution is 2.40. The first-order chi connectivity index (χ1) is 16.1. The van der Waals surface area contributed by atoms with Gasteiger partial charge in [0.2, 0.25) is 5.95 Å². The van der Waals surface area contributed by atoms with Crippen LogP contribution in [-0.4, -0.2) is 33.3 Å². The molecular formula is C26H27N5OS. The molecule has 5 rings (SSSR count). The number of anilines is 1. The fourth-order valence-electron chi connectivity index (χ4n) is 4.16. The number of aliphatic imine (C=N–C) groups is 1. The largest absolute Gasteiger partial charge is 0.351 e. The van der Waals surface area contributed by atoms with Gasteiger partial charge in [-0.05, 0) is 25.0 Å². The molecule has 0 spiro atoms. The number of hydrogen-bond acceptors (Lipinski definition) is 6. The molecule has 168 valence electrons. The lowest BCUT2D eigenvalue weighted by Gasteiger charge is -2.33. The lowest BCUT2D eigenvalue weighted by atomic mass is 10.1. The Hall–Kier alpha value is -3.16. The first-order valence-electron chi connectivity index (χ1n) is 11.2. The summed E-state index contributed by atoms with van der Waals surface area (Å²) in [5, 5.41) is 4.16. The summed E-state index contributed by atoms with van der Waals surface area (Å²) >= 11 is 1.61. The summed E-state index contributed by atoms with van der Waals surface area (Å²) in [7, 11) is 0. The second-order valence-electron chi connectivity index (χ2n) is 8.60. The van der Waals surface area contributed by atoms with Crippen molar-refractivity contribution in [3.05, 3.63) is 92.7 Å². The van der Waals surface area contributed by atoms with Crippen molar-refractivity contribution in [1.29, 1.82) is 0 Å². The van der Waals surface area contributed by atoms with E-state index in [1.54, 1.807) is 16.3 Å². The Labute approximate surface area is 198 Å². The molecule has 1 aromatic heterocycles.